The molecule has 96 valence electrons. The first-order chi connectivity index (χ1) is 7.43. The lowest BCUT2D eigenvalue weighted by Crippen LogP contribution is -2.54. The summed E-state index contributed by atoms with van der Waals surface area (Å²) in [5, 5.41) is 3.78. The number of nitrogens with two attached hydrogens (primary N) is 1. The third-order valence-corrected chi connectivity index (χ3v) is 4.34. The molecule has 2 atom stereocenters. The van der Waals surface area contributed by atoms with Crippen LogP contribution in [0.15, 0.2) is 0 Å². The molecule has 0 heterocycles. The molecule has 1 rings (SSSR count). The lowest BCUT2D eigenvalue weighted by molar-refractivity contribution is 0.245. The molecule has 0 aromatic heterocycles. The Morgan fingerprint density at radius 3 is 2.44 bits per heavy atom. The van der Waals surface area contributed by atoms with Gasteiger partial charge in [0.05, 0.1) is 0 Å². The summed E-state index contributed by atoms with van der Waals surface area (Å²) >= 11 is 0. The first-order valence-electron chi connectivity index (χ1n) is 6.91. The van der Waals surface area contributed by atoms with Crippen molar-refractivity contribution in [3.63, 3.8) is 0 Å². The summed E-state index contributed by atoms with van der Waals surface area (Å²) < 4.78 is 0. The minimum atomic E-state index is 0.212. The largest absolute Gasteiger partial charge is 0.329 e. The SMILES string of the molecule is CCC(C)NC1(CN)CCCC(C)(C)CC1. The van der Waals surface area contributed by atoms with Crippen LogP contribution in [-0.4, -0.2) is 18.1 Å². The van der Waals surface area contributed by atoms with Crippen LogP contribution in [-0.2, 0) is 0 Å². The zero-order chi connectivity index (χ0) is 12.2. The van der Waals surface area contributed by atoms with Gasteiger partial charge >= 0.3 is 0 Å². The molecule has 1 fully saturated rings. The predicted molar refractivity (Wildman–Crippen MR) is 71.5 cm³/mol. The maximum Gasteiger partial charge on any atom is 0.0306 e. The van der Waals surface area contributed by atoms with Crippen LogP contribution in [0.2, 0.25) is 0 Å². The molecule has 0 amide bonds. The number of nitrogens with one attached hydrogen (secondary N) is 1. The zero-order valence-corrected chi connectivity index (χ0v) is 11.6. The van der Waals surface area contributed by atoms with E-state index in [1.165, 1.54) is 38.5 Å². The summed E-state index contributed by atoms with van der Waals surface area (Å²) in [6.07, 6.45) is 7.63. The van der Waals surface area contributed by atoms with E-state index in [1.54, 1.807) is 0 Å². The van der Waals surface area contributed by atoms with Crippen molar-refractivity contribution in [1.29, 1.82) is 0 Å². The number of hydrogen-bond donors (Lipinski definition) is 2. The molecule has 1 aliphatic rings. The first-order valence-corrected chi connectivity index (χ1v) is 6.91. The molecule has 1 aliphatic carbocycles. The average molecular weight is 226 g/mol. The highest BCUT2D eigenvalue weighted by Crippen LogP contribution is 2.37. The fourth-order valence-electron chi connectivity index (χ4n) is 2.77. The normalized spacial score (nSPS) is 32.1. The molecule has 0 spiro atoms. The molecule has 0 saturated heterocycles. The summed E-state index contributed by atoms with van der Waals surface area (Å²) in [5.41, 5.74) is 6.76. The molecule has 2 unspecified atom stereocenters. The molecular weight excluding hydrogens is 196 g/mol. The molecule has 16 heavy (non-hydrogen) atoms. The number of rotatable bonds is 4. The molecular formula is C14H30N2. The molecule has 2 nitrogen and oxygen atoms in total. The predicted octanol–water partition coefficient (Wildman–Crippen LogP) is 3.06. The van der Waals surface area contributed by atoms with Gasteiger partial charge in [0.1, 0.15) is 0 Å². The van der Waals surface area contributed by atoms with Crippen LogP contribution >= 0.6 is 0 Å². The standard InChI is InChI=1S/C14H30N2/c1-5-12(2)16-14(11-15)8-6-7-13(3,4)9-10-14/h12,16H,5-11,15H2,1-4H3. The Hall–Kier alpha value is -0.0800. The highest BCUT2D eigenvalue weighted by atomic mass is 15.0. The van der Waals surface area contributed by atoms with Gasteiger partial charge in [-0.15, -0.1) is 0 Å². The fraction of sp³-hybridized carbons (Fsp3) is 1.00. The summed E-state index contributed by atoms with van der Waals surface area (Å²) in [6.45, 7) is 10.1. The molecule has 0 aromatic rings. The van der Waals surface area contributed by atoms with Crippen molar-refractivity contribution in [3.05, 3.63) is 0 Å². The van der Waals surface area contributed by atoms with Crippen LogP contribution in [0, 0.1) is 5.41 Å². The Balaban J connectivity index is 2.65. The van der Waals surface area contributed by atoms with E-state index in [0.29, 0.717) is 11.5 Å². The summed E-state index contributed by atoms with van der Waals surface area (Å²) in [4.78, 5) is 0. The Kier molecular flexibility index (Phi) is 4.81. The molecule has 1 saturated carbocycles. The van der Waals surface area contributed by atoms with Gasteiger partial charge in [-0.25, -0.2) is 0 Å². The van der Waals surface area contributed by atoms with Crippen molar-refractivity contribution >= 4 is 0 Å². The van der Waals surface area contributed by atoms with E-state index in [4.69, 9.17) is 5.73 Å². The monoisotopic (exact) mass is 226 g/mol. The van der Waals surface area contributed by atoms with Gasteiger partial charge in [-0.2, -0.15) is 0 Å². The summed E-state index contributed by atoms with van der Waals surface area (Å²) in [5.74, 6) is 0. The van der Waals surface area contributed by atoms with Gasteiger partial charge in [0.25, 0.3) is 0 Å². The average Bonchev–Trinajstić information content (AvgIpc) is 2.39. The van der Waals surface area contributed by atoms with Gasteiger partial charge in [-0.05, 0) is 44.4 Å². The van der Waals surface area contributed by atoms with E-state index in [-0.39, 0.29) is 5.54 Å². The molecule has 3 N–H and O–H groups in total. The van der Waals surface area contributed by atoms with E-state index >= 15 is 0 Å². The Morgan fingerprint density at radius 1 is 1.19 bits per heavy atom. The second-order valence-corrected chi connectivity index (χ2v) is 6.46. The van der Waals surface area contributed by atoms with Crippen LogP contribution < -0.4 is 11.1 Å². The van der Waals surface area contributed by atoms with Gasteiger partial charge in [-0.3, -0.25) is 0 Å². The van der Waals surface area contributed by atoms with Crippen LogP contribution in [0.3, 0.4) is 0 Å². The third kappa shape index (κ3) is 3.74. The Bertz CT molecular complexity index is 213. The Labute approximate surface area is 101 Å². The van der Waals surface area contributed by atoms with Crippen molar-refractivity contribution < 1.29 is 0 Å². The van der Waals surface area contributed by atoms with Gasteiger partial charge in [0.2, 0.25) is 0 Å². The van der Waals surface area contributed by atoms with Gasteiger partial charge < -0.3 is 11.1 Å². The van der Waals surface area contributed by atoms with Gasteiger partial charge in [-0.1, -0.05) is 27.2 Å². The molecule has 0 radical (unpaired) electrons. The second-order valence-electron chi connectivity index (χ2n) is 6.46. The van der Waals surface area contributed by atoms with Crippen molar-refractivity contribution in [3.8, 4) is 0 Å². The van der Waals surface area contributed by atoms with Crippen LogP contribution in [0.1, 0.15) is 66.2 Å². The first kappa shape index (κ1) is 14.0. The van der Waals surface area contributed by atoms with Crippen molar-refractivity contribution in [1.82, 2.24) is 5.32 Å². The fourth-order valence-corrected chi connectivity index (χ4v) is 2.77. The molecule has 0 aliphatic heterocycles. The lowest BCUT2D eigenvalue weighted by atomic mass is 9.83. The van der Waals surface area contributed by atoms with E-state index in [2.05, 4.69) is 33.0 Å². The topological polar surface area (TPSA) is 38.0 Å². The minimum Gasteiger partial charge on any atom is -0.329 e. The molecule has 2 heteroatoms. The van der Waals surface area contributed by atoms with E-state index < -0.39 is 0 Å². The van der Waals surface area contributed by atoms with Gasteiger partial charge in [0, 0.05) is 18.1 Å². The van der Waals surface area contributed by atoms with Crippen LogP contribution in [0.4, 0.5) is 0 Å². The molecule has 0 bridgehead atoms. The quantitative estimate of drug-likeness (QED) is 0.723. The van der Waals surface area contributed by atoms with Crippen LogP contribution in [0.25, 0.3) is 0 Å². The van der Waals surface area contributed by atoms with Crippen LogP contribution in [0.5, 0.6) is 0 Å². The lowest BCUT2D eigenvalue weighted by Gasteiger charge is -2.36. The Morgan fingerprint density at radius 2 is 1.88 bits per heavy atom. The summed E-state index contributed by atoms with van der Waals surface area (Å²) in [6, 6.07) is 0.588. The minimum absolute atomic E-state index is 0.212. The molecule has 0 aromatic carbocycles. The smallest absolute Gasteiger partial charge is 0.0306 e. The van der Waals surface area contributed by atoms with Gasteiger partial charge in [0.15, 0.2) is 0 Å². The van der Waals surface area contributed by atoms with E-state index in [0.717, 1.165) is 6.54 Å². The van der Waals surface area contributed by atoms with E-state index in [1.807, 2.05) is 0 Å². The summed E-state index contributed by atoms with van der Waals surface area (Å²) in [7, 11) is 0. The highest BCUT2D eigenvalue weighted by Gasteiger charge is 2.34. The second kappa shape index (κ2) is 5.50. The van der Waals surface area contributed by atoms with Crippen molar-refractivity contribution in [2.45, 2.75) is 77.8 Å². The van der Waals surface area contributed by atoms with Crippen molar-refractivity contribution in [2.24, 2.45) is 11.1 Å². The third-order valence-electron chi connectivity index (χ3n) is 4.34. The number of hydrogen-bond acceptors (Lipinski definition) is 2. The highest BCUT2D eigenvalue weighted by molar-refractivity contribution is 4.95. The maximum atomic E-state index is 6.04. The van der Waals surface area contributed by atoms with Crippen molar-refractivity contribution in [2.75, 3.05) is 6.54 Å². The van der Waals surface area contributed by atoms with E-state index in [9.17, 15) is 0 Å². The zero-order valence-electron chi connectivity index (χ0n) is 11.6. The maximum absolute atomic E-state index is 6.04.